The molecule has 3 heteroatoms. The van der Waals surface area contributed by atoms with E-state index in [1.807, 2.05) is 18.2 Å². The van der Waals surface area contributed by atoms with E-state index in [-0.39, 0.29) is 0 Å². The Morgan fingerprint density at radius 1 is 1.41 bits per heavy atom. The molecule has 1 fully saturated rings. The highest BCUT2D eigenvalue weighted by Crippen LogP contribution is 2.47. The van der Waals surface area contributed by atoms with E-state index in [2.05, 4.69) is 12.2 Å². The number of methoxy groups -OCH3 is 1. The Kier molecular flexibility index (Phi) is 3.57. The van der Waals surface area contributed by atoms with Crippen molar-refractivity contribution >= 4 is 5.69 Å². The third-order valence-corrected chi connectivity index (χ3v) is 3.83. The maximum atomic E-state index is 5.73. The van der Waals surface area contributed by atoms with Gasteiger partial charge in [-0.3, -0.25) is 0 Å². The lowest BCUT2D eigenvalue weighted by Crippen LogP contribution is -2.23. The van der Waals surface area contributed by atoms with E-state index in [0.29, 0.717) is 5.41 Å². The first kappa shape index (κ1) is 12.2. The van der Waals surface area contributed by atoms with Gasteiger partial charge in [0.15, 0.2) is 0 Å². The number of nitrogens with one attached hydrogen (secondary N) is 1. The summed E-state index contributed by atoms with van der Waals surface area (Å²) in [5.74, 6) is 0.874. The molecule has 0 heterocycles. The third kappa shape index (κ3) is 2.91. The van der Waals surface area contributed by atoms with Crippen LogP contribution in [0.5, 0.6) is 5.75 Å². The summed E-state index contributed by atoms with van der Waals surface area (Å²) >= 11 is 0. The molecule has 0 radical (unpaired) electrons. The van der Waals surface area contributed by atoms with Crippen LogP contribution in [0, 0.1) is 5.41 Å². The fourth-order valence-corrected chi connectivity index (χ4v) is 2.20. The maximum Gasteiger partial charge on any atom is 0.125 e. The monoisotopic (exact) mass is 234 g/mol. The summed E-state index contributed by atoms with van der Waals surface area (Å²) in [6.45, 7) is 4.24. The Morgan fingerprint density at radius 2 is 2.18 bits per heavy atom. The summed E-state index contributed by atoms with van der Waals surface area (Å²) in [4.78, 5) is 0. The van der Waals surface area contributed by atoms with Gasteiger partial charge in [-0.15, -0.1) is 0 Å². The van der Waals surface area contributed by atoms with Crippen molar-refractivity contribution in [3.63, 3.8) is 0 Å². The van der Waals surface area contributed by atoms with Gasteiger partial charge in [-0.2, -0.15) is 0 Å². The molecule has 2 rings (SSSR count). The normalized spacial score (nSPS) is 16.8. The van der Waals surface area contributed by atoms with Gasteiger partial charge >= 0.3 is 0 Å². The molecule has 1 aromatic rings. The fraction of sp³-hybridized carbons (Fsp3) is 0.571. The summed E-state index contributed by atoms with van der Waals surface area (Å²) in [5, 5.41) is 3.53. The van der Waals surface area contributed by atoms with Crippen LogP contribution in [0.4, 0.5) is 5.69 Å². The van der Waals surface area contributed by atoms with Gasteiger partial charge < -0.3 is 15.8 Å². The highest BCUT2D eigenvalue weighted by Gasteiger charge is 2.39. The molecule has 0 spiro atoms. The minimum atomic E-state index is 0.584. The van der Waals surface area contributed by atoms with Gasteiger partial charge in [0.2, 0.25) is 0 Å². The summed E-state index contributed by atoms with van der Waals surface area (Å²) in [6.07, 6.45) is 4.02. The first-order valence-electron chi connectivity index (χ1n) is 6.32. The lowest BCUT2D eigenvalue weighted by atomic mass is 10.0. The Hall–Kier alpha value is -1.22. The first-order valence-corrected chi connectivity index (χ1v) is 6.32. The predicted octanol–water partition coefficient (Wildman–Crippen LogP) is 2.56. The number of ether oxygens (including phenoxy) is 1. The molecule has 0 saturated heterocycles. The molecule has 3 nitrogen and oxygen atoms in total. The number of hydrogen-bond donors (Lipinski definition) is 2. The number of benzene rings is 1. The average molecular weight is 234 g/mol. The van der Waals surface area contributed by atoms with Crippen LogP contribution in [-0.4, -0.2) is 13.7 Å². The molecule has 0 bridgehead atoms. The zero-order valence-corrected chi connectivity index (χ0v) is 10.8. The molecule has 94 valence electrons. The molecule has 0 unspecified atom stereocenters. The molecule has 0 amide bonds. The van der Waals surface area contributed by atoms with Gasteiger partial charge in [-0.25, -0.2) is 0 Å². The predicted molar refractivity (Wildman–Crippen MR) is 71.1 cm³/mol. The minimum Gasteiger partial charge on any atom is -0.496 e. The van der Waals surface area contributed by atoms with Crippen LogP contribution in [0.1, 0.15) is 31.7 Å². The van der Waals surface area contributed by atoms with Crippen molar-refractivity contribution in [3.05, 3.63) is 23.8 Å². The summed E-state index contributed by atoms with van der Waals surface area (Å²) in [5.41, 5.74) is 8.24. The SMILES string of the molecule is CCC1(CNCc2ccc(N)cc2OC)CC1. The molecule has 17 heavy (non-hydrogen) atoms. The largest absolute Gasteiger partial charge is 0.496 e. The third-order valence-electron chi connectivity index (χ3n) is 3.83. The van der Waals surface area contributed by atoms with Crippen LogP contribution in [0.25, 0.3) is 0 Å². The molecule has 0 aromatic heterocycles. The molecule has 0 atom stereocenters. The van der Waals surface area contributed by atoms with E-state index in [1.165, 1.54) is 24.8 Å². The van der Waals surface area contributed by atoms with Crippen molar-refractivity contribution < 1.29 is 4.74 Å². The molecule has 1 aliphatic rings. The number of nitrogens with two attached hydrogens (primary N) is 1. The average Bonchev–Trinajstić information content (AvgIpc) is 3.11. The topological polar surface area (TPSA) is 47.3 Å². The number of hydrogen-bond acceptors (Lipinski definition) is 3. The lowest BCUT2D eigenvalue weighted by Gasteiger charge is -2.15. The number of anilines is 1. The molecular formula is C14H22N2O. The molecular weight excluding hydrogens is 212 g/mol. The summed E-state index contributed by atoms with van der Waals surface area (Å²) in [6, 6.07) is 5.84. The summed E-state index contributed by atoms with van der Waals surface area (Å²) in [7, 11) is 1.69. The Bertz CT molecular complexity index is 386. The van der Waals surface area contributed by atoms with Gasteiger partial charge in [0.1, 0.15) is 5.75 Å². The van der Waals surface area contributed by atoms with Crippen molar-refractivity contribution in [1.29, 1.82) is 0 Å². The Balaban J connectivity index is 1.90. The fourth-order valence-electron chi connectivity index (χ4n) is 2.20. The Labute approximate surface area is 103 Å². The Morgan fingerprint density at radius 3 is 2.76 bits per heavy atom. The highest BCUT2D eigenvalue weighted by atomic mass is 16.5. The van der Waals surface area contributed by atoms with Crippen LogP contribution in [0.15, 0.2) is 18.2 Å². The molecule has 1 aliphatic carbocycles. The highest BCUT2D eigenvalue weighted by molar-refractivity contribution is 5.48. The van der Waals surface area contributed by atoms with Crippen molar-refractivity contribution in [2.45, 2.75) is 32.7 Å². The second kappa shape index (κ2) is 4.96. The minimum absolute atomic E-state index is 0.584. The van der Waals surface area contributed by atoms with Gasteiger partial charge in [0.25, 0.3) is 0 Å². The van der Waals surface area contributed by atoms with Gasteiger partial charge in [0.05, 0.1) is 7.11 Å². The van der Waals surface area contributed by atoms with E-state index in [4.69, 9.17) is 10.5 Å². The standard InChI is InChI=1S/C14H22N2O/c1-3-14(6-7-14)10-16-9-11-4-5-12(15)8-13(11)17-2/h4-5,8,16H,3,6-7,9-10,15H2,1-2H3. The molecule has 0 aliphatic heterocycles. The smallest absolute Gasteiger partial charge is 0.125 e. The summed E-state index contributed by atoms with van der Waals surface area (Å²) < 4.78 is 5.33. The maximum absolute atomic E-state index is 5.73. The second-order valence-corrected chi connectivity index (χ2v) is 5.03. The zero-order valence-electron chi connectivity index (χ0n) is 10.8. The van der Waals surface area contributed by atoms with E-state index in [1.54, 1.807) is 7.11 Å². The van der Waals surface area contributed by atoms with Crippen LogP contribution >= 0.6 is 0 Å². The van der Waals surface area contributed by atoms with Crippen molar-refractivity contribution in [2.24, 2.45) is 5.41 Å². The first-order chi connectivity index (χ1) is 8.19. The van der Waals surface area contributed by atoms with Crippen molar-refractivity contribution in [2.75, 3.05) is 19.4 Å². The van der Waals surface area contributed by atoms with Gasteiger partial charge in [-0.1, -0.05) is 13.0 Å². The van der Waals surface area contributed by atoms with E-state index >= 15 is 0 Å². The second-order valence-electron chi connectivity index (χ2n) is 5.03. The van der Waals surface area contributed by atoms with E-state index in [9.17, 15) is 0 Å². The van der Waals surface area contributed by atoms with Crippen LogP contribution in [0.2, 0.25) is 0 Å². The van der Waals surface area contributed by atoms with E-state index < -0.39 is 0 Å². The van der Waals surface area contributed by atoms with Crippen LogP contribution < -0.4 is 15.8 Å². The van der Waals surface area contributed by atoms with Crippen LogP contribution in [-0.2, 0) is 6.54 Å². The quantitative estimate of drug-likeness (QED) is 0.744. The number of rotatable bonds is 6. The van der Waals surface area contributed by atoms with Crippen molar-refractivity contribution in [3.8, 4) is 5.75 Å². The molecule has 3 N–H and O–H groups in total. The zero-order chi connectivity index (χ0) is 12.3. The van der Waals surface area contributed by atoms with Gasteiger partial charge in [0, 0.05) is 30.4 Å². The van der Waals surface area contributed by atoms with Gasteiger partial charge in [-0.05, 0) is 30.7 Å². The van der Waals surface area contributed by atoms with E-state index in [0.717, 1.165) is 24.5 Å². The number of nitrogen functional groups attached to an aromatic ring is 1. The molecule has 1 aromatic carbocycles. The van der Waals surface area contributed by atoms with Crippen LogP contribution in [0.3, 0.4) is 0 Å². The lowest BCUT2D eigenvalue weighted by molar-refractivity contribution is 0.402. The molecule has 1 saturated carbocycles. The van der Waals surface area contributed by atoms with Crippen molar-refractivity contribution in [1.82, 2.24) is 5.32 Å².